The number of para-hydroxylation sites is 2. The second kappa shape index (κ2) is 14.5. The van der Waals surface area contributed by atoms with Gasteiger partial charge < -0.3 is 24.1 Å². The van der Waals surface area contributed by atoms with Crippen LogP contribution in [0.15, 0.2) is 115 Å². The van der Waals surface area contributed by atoms with Crippen molar-refractivity contribution in [2.24, 2.45) is 0 Å². The molecule has 0 bridgehead atoms. The summed E-state index contributed by atoms with van der Waals surface area (Å²) in [4.78, 5) is 43.7. The van der Waals surface area contributed by atoms with Gasteiger partial charge >= 0.3 is 18.0 Å². The van der Waals surface area contributed by atoms with Crippen molar-refractivity contribution in [1.82, 2.24) is 14.9 Å². The molecule has 1 N–H and O–H groups in total. The van der Waals surface area contributed by atoms with E-state index in [4.69, 9.17) is 14.2 Å². The molecule has 1 atom stereocenters. The normalized spacial score (nSPS) is 11.4. The number of nitrogens with one attached hydrogen (secondary N) is 1. The molecule has 5 rings (SSSR count). The summed E-state index contributed by atoms with van der Waals surface area (Å²) in [6.45, 7) is 0.0567. The third-order valence-corrected chi connectivity index (χ3v) is 6.66. The predicted molar refractivity (Wildman–Crippen MR) is 159 cm³/mol. The lowest BCUT2D eigenvalue weighted by Crippen LogP contribution is -2.44. The van der Waals surface area contributed by atoms with Crippen LogP contribution in [0.4, 0.5) is 4.79 Å². The van der Waals surface area contributed by atoms with E-state index >= 15 is 0 Å². The first kappa shape index (κ1) is 29.1. The number of benzene rings is 4. The number of fused-ring (bicyclic) bond motifs is 1. The monoisotopic (exact) mass is 577 g/mol. The summed E-state index contributed by atoms with van der Waals surface area (Å²) in [7, 11) is 0. The first-order valence-corrected chi connectivity index (χ1v) is 13.9. The molecule has 0 spiro atoms. The van der Waals surface area contributed by atoms with E-state index in [2.05, 4.69) is 10.3 Å². The molecule has 5 aromatic rings. The molecule has 1 aromatic heterocycles. The van der Waals surface area contributed by atoms with Crippen LogP contribution >= 0.6 is 0 Å². The van der Waals surface area contributed by atoms with Gasteiger partial charge in [0.1, 0.15) is 38.2 Å². The van der Waals surface area contributed by atoms with E-state index in [1.807, 2.05) is 115 Å². The van der Waals surface area contributed by atoms with Crippen molar-refractivity contribution < 1.29 is 28.6 Å². The van der Waals surface area contributed by atoms with Crippen LogP contribution in [0.2, 0.25) is 0 Å². The zero-order valence-electron chi connectivity index (χ0n) is 23.4. The minimum Gasteiger partial charge on any atom is -0.459 e. The highest BCUT2D eigenvalue weighted by atomic mass is 16.6. The van der Waals surface area contributed by atoms with Crippen molar-refractivity contribution in [3.05, 3.63) is 138 Å². The second-order valence-electron chi connectivity index (χ2n) is 9.81. The quantitative estimate of drug-likeness (QED) is 0.157. The van der Waals surface area contributed by atoms with Crippen molar-refractivity contribution in [2.45, 2.75) is 38.8 Å². The fourth-order valence-corrected chi connectivity index (χ4v) is 4.48. The van der Waals surface area contributed by atoms with Crippen molar-refractivity contribution in [2.75, 3.05) is 0 Å². The summed E-state index contributed by atoms with van der Waals surface area (Å²) in [5.74, 6) is -0.722. The molecule has 4 aromatic carbocycles. The number of nitrogens with zero attached hydrogens (tertiary/aromatic N) is 2. The molecule has 0 aliphatic heterocycles. The van der Waals surface area contributed by atoms with Gasteiger partial charge in [0, 0.05) is 6.42 Å². The molecule has 1 amide bonds. The zero-order valence-corrected chi connectivity index (χ0v) is 23.4. The molecular weight excluding hydrogens is 546 g/mol. The van der Waals surface area contributed by atoms with Gasteiger partial charge in [-0.2, -0.15) is 0 Å². The first-order valence-electron chi connectivity index (χ1n) is 13.9. The summed E-state index contributed by atoms with van der Waals surface area (Å²) >= 11 is 0. The highest BCUT2D eigenvalue weighted by Gasteiger charge is 2.27. The largest absolute Gasteiger partial charge is 0.459 e. The molecule has 43 heavy (non-hydrogen) atoms. The lowest BCUT2D eigenvalue weighted by atomic mass is 10.2. The number of carbonyl (C=O) groups is 3. The lowest BCUT2D eigenvalue weighted by Gasteiger charge is -2.18. The SMILES string of the molecule is O=C(Cn1c(C[C@@H](NC(=O)OCc2ccccc2)C(=O)OCc2ccccc2)nc2ccccc21)OCc1ccccc1. The van der Waals surface area contributed by atoms with Crippen LogP contribution in [0, 0.1) is 0 Å². The van der Waals surface area contributed by atoms with E-state index in [9.17, 15) is 14.4 Å². The van der Waals surface area contributed by atoms with Crippen LogP contribution < -0.4 is 5.32 Å². The van der Waals surface area contributed by atoms with Crippen LogP contribution in [0.1, 0.15) is 22.5 Å². The highest BCUT2D eigenvalue weighted by Crippen LogP contribution is 2.19. The number of ether oxygens (including phenoxy) is 3. The number of aromatic nitrogens is 2. The topological polar surface area (TPSA) is 109 Å². The fourth-order valence-electron chi connectivity index (χ4n) is 4.48. The standard InChI is InChI=1S/C34H31N3O6/c38-32(41-22-25-12-4-1-5-13-25)21-37-30-19-11-10-18-28(30)35-31(37)20-29(33(39)42-23-26-14-6-2-7-15-26)36-34(40)43-24-27-16-8-3-9-17-27/h1-19,29H,20-24H2,(H,36,40)/t29-/m1/s1. The van der Waals surface area contributed by atoms with E-state index in [-0.39, 0.29) is 32.8 Å². The molecule has 0 unspecified atom stereocenters. The van der Waals surface area contributed by atoms with Crippen LogP contribution in [0.5, 0.6) is 0 Å². The van der Waals surface area contributed by atoms with Crippen LogP contribution in [0.3, 0.4) is 0 Å². The molecular formula is C34H31N3O6. The maximum atomic E-state index is 13.3. The first-order chi connectivity index (χ1) is 21.0. The number of hydrogen-bond donors (Lipinski definition) is 1. The van der Waals surface area contributed by atoms with Crippen molar-refractivity contribution >= 4 is 29.1 Å². The Hall–Kier alpha value is -5.44. The zero-order chi connectivity index (χ0) is 29.9. The summed E-state index contributed by atoms with van der Waals surface area (Å²) in [6, 6.07) is 34.0. The smallest absolute Gasteiger partial charge is 0.408 e. The molecule has 9 heteroatoms. The Morgan fingerprint density at radius 3 is 1.77 bits per heavy atom. The maximum absolute atomic E-state index is 13.3. The van der Waals surface area contributed by atoms with Gasteiger partial charge in [-0.25, -0.2) is 14.6 Å². The summed E-state index contributed by atoms with van der Waals surface area (Å²) in [5.41, 5.74) is 3.80. The van der Waals surface area contributed by atoms with E-state index in [1.165, 1.54) is 0 Å². The third kappa shape index (κ3) is 8.29. The Morgan fingerprint density at radius 2 is 1.16 bits per heavy atom. The molecule has 0 aliphatic rings. The summed E-state index contributed by atoms with van der Waals surface area (Å²) < 4.78 is 18.2. The van der Waals surface area contributed by atoms with Crippen molar-refractivity contribution in [3.8, 4) is 0 Å². The van der Waals surface area contributed by atoms with E-state index < -0.39 is 24.1 Å². The van der Waals surface area contributed by atoms with Gasteiger partial charge in [-0.05, 0) is 28.8 Å². The number of rotatable bonds is 12. The Kier molecular flexibility index (Phi) is 9.77. The van der Waals surface area contributed by atoms with Gasteiger partial charge in [0.2, 0.25) is 0 Å². The number of hydrogen-bond acceptors (Lipinski definition) is 7. The highest BCUT2D eigenvalue weighted by molar-refractivity contribution is 5.82. The van der Waals surface area contributed by atoms with Crippen LogP contribution in [0.25, 0.3) is 11.0 Å². The van der Waals surface area contributed by atoms with Crippen molar-refractivity contribution in [3.63, 3.8) is 0 Å². The Labute approximate surface area is 249 Å². The van der Waals surface area contributed by atoms with Gasteiger partial charge in [-0.15, -0.1) is 0 Å². The molecule has 218 valence electrons. The molecule has 0 saturated carbocycles. The second-order valence-corrected chi connectivity index (χ2v) is 9.81. The molecule has 0 fully saturated rings. The minimum absolute atomic E-state index is 0.0269. The van der Waals surface area contributed by atoms with Crippen molar-refractivity contribution in [1.29, 1.82) is 0 Å². The third-order valence-electron chi connectivity index (χ3n) is 6.66. The molecule has 0 saturated heterocycles. The number of esters is 2. The van der Waals surface area contributed by atoms with Gasteiger partial charge in [0.05, 0.1) is 11.0 Å². The number of amides is 1. The van der Waals surface area contributed by atoms with Gasteiger partial charge in [0.25, 0.3) is 0 Å². The molecule has 0 aliphatic carbocycles. The molecule has 0 radical (unpaired) electrons. The Balaban J connectivity index is 1.33. The maximum Gasteiger partial charge on any atom is 0.408 e. The number of alkyl carbamates (subject to hydrolysis) is 1. The van der Waals surface area contributed by atoms with Crippen LogP contribution in [-0.2, 0) is 56.6 Å². The van der Waals surface area contributed by atoms with Gasteiger partial charge in [-0.3, -0.25) is 4.79 Å². The van der Waals surface area contributed by atoms with E-state index in [1.54, 1.807) is 4.57 Å². The fraction of sp³-hybridized carbons (Fsp3) is 0.176. The molecule has 1 heterocycles. The number of imidazole rings is 1. The number of carbonyl (C=O) groups excluding carboxylic acids is 3. The summed E-state index contributed by atoms with van der Waals surface area (Å²) in [6.07, 6.45) is -0.829. The molecule has 9 nitrogen and oxygen atoms in total. The van der Waals surface area contributed by atoms with E-state index in [0.29, 0.717) is 16.9 Å². The van der Waals surface area contributed by atoms with Gasteiger partial charge in [0.15, 0.2) is 0 Å². The Bertz CT molecular complexity index is 1660. The predicted octanol–water partition coefficient (Wildman–Crippen LogP) is 5.36. The average Bonchev–Trinajstić information content (AvgIpc) is 3.39. The summed E-state index contributed by atoms with van der Waals surface area (Å²) in [5, 5.41) is 2.64. The van der Waals surface area contributed by atoms with Gasteiger partial charge in [-0.1, -0.05) is 103 Å². The van der Waals surface area contributed by atoms with Crippen LogP contribution in [-0.4, -0.2) is 33.6 Å². The van der Waals surface area contributed by atoms with E-state index in [0.717, 1.165) is 16.7 Å². The Morgan fingerprint density at radius 1 is 0.651 bits per heavy atom. The lowest BCUT2D eigenvalue weighted by molar-refractivity contribution is -0.147. The minimum atomic E-state index is -1.14. The average molecular weight is 578 g/mol.